The number of aryl methyl sites for hydroxylation is 1. The topological polar surface area (TPSA) is 107 Å². The van der Waals surface area contributed by atoms with Crippen molar-refractivity contribution in [3.63, 3.8) is 0 Å². The van der Waals surface area contributed by atoms with Gasteiger partial charge in [0.25, 0.3) is 11.5 Å². The van der Waals surface area contributed by atoms with Crippen LogP contribution < -0.4 is 10.9 Å². The molecule has 156 valence electrons. The number of rotatable bonds is 4. The Kier molecular flexibility index (Phi) is 4.75. The van der Waals surface area contributed by atoms with Crippen LogP contribution in [0.4, 0.5) is 5.69 Å². The van der Waals surface area contributed by atoms with Gasteiger partial charge in [0, 0.05) is 42.5 Å². The molecule has 0 bridgehead atoms. The summed E-state index contributed by atoms with van der Waals surface area (Å²) in [5, 5.41) is 15.9. The number of aromatic nitrogens is 6. The molecular weight excluding hydrogens is 406 g/mol. The third-order valence-electron chi connectivity index (χ3n) is 4.97. The predicted octanol–water partition coefficient (Wildman–Crippen LogP) is 2.80. The first-order valence-corrected chi connectivity index (χ1v) is 9.80. The summed E-state index contributed by atoms with van der Waals surface area (Å²) in [4.78, 5) is 29.0. The summed E-state index contributed by atoms with van der Waals surface area (Å²) in [7, 11) is 1.60. The second-order valence-electron chi connectivity index (χ2n) is 7.13. The van der Waals surface area contributed by atoms with Gasteiger partial charge in [0.2, 0.25) is 0 Å². The summed E-state index contributed by atoms with van der Waals surface area (Å²) in [6.45, 7) is 0. The summed E-state index contributed by atoms with van der Waals surface area (Å²) < 4.78 is 3.02. The van der Waals surface area contributed by atoms with Crippen molar-refractivity contribution >= 4 is 17.2 Å². The molecule has 0 radical (unpaired) electrons. The second kappa shape index (κ2) is 7.88. The van der Waals surface area contributed by atoms with Gasteiger partial charge in [0.15, 0.2) is 11.5 Å². The molecule has 0 saturated heterocycles. The Bertz CT molecular complexity index is 1510. The van der Waals surface area contributed by atoms with Gasteiger partial charge < -0.3 is 9.88 Å². The zero-order valence-corrected chi connectivity index (χ0v) is 17.0. The lowest BCUT2D eigenvalue weighted by Gasteiger charge is -2.08. The molecule has 0 atom stereocenters. The van der Waals surface area contributed by atoms with Crippen LogP contribution in [0.3, 0.4) is 0 Å². The van der Waals surface area contributed by atoms with E-state index in [1.54, 1.807) is 48.4 Å². The molecule has 0 aliphatic heterocycles. The normalized spacial score (nSPS) is 10.9. The number of benzene rings is 1. The van der Waals surface area contributed by atoms with Crippen LogP contribution in [0.5, 0.6) is 0 Å². The summed E-state index contributed by atoms with van der Waals surface area (Å²) in [6.07, 6.45) is 5.00. The number of carbonyl (C=O) groups excluding carboxylic acids is 1. The lowest BCUT2D eigenvalue weighted by atomic mass is 10.1. The monoisotopic (exact) mass is 423 g/mol. The summed E-state index contributed by atoms with van der Waals surface area (Å²) in [5.74, 6) is 0.115. The van der Waals surface area contributed by atoms with Crippen molar-refractivity contribution in [3.8, 4) is 22.6 Å². The fourth-order valence-corrected chi connectivity index (χ4v) is 3.34. The second-order valence-corrected chi connectivity index (χ2v) is 7.13. The van der Waals surface area contributed by atoms with Gasteiger partial charge in [-0.3, -0.25) is 14.6 Å². The van der Waals surface area contributed by atoms with E-state index in [9.17, 15) is 9.59 Å². The molecule has 0 aliphatic rings. The third kappa shape index (κ3) is 3.52. The largest absolute Gasteiger partial charge is 0.322 e. The smallest absolute Gasteiger partial charge is 0.263 e. The standard InChI is InChI=1S/C23H17N7O2/c1-29-12-4-8-18(23(29)32)22(31)25-17-7-2-5-15(13-17)19-9-10-20-26-27-21(30(20)28-19)16-6-3-11-24-14-16/h2-14H,1H3,(H,25,31). The zero-order valence-electron chi connectivity index (χ0n) is 17.0. The van der Waals surface area contributed by atoms with Crippen molar-refractivity contribution in [2.24, 2.45) is 7.05 Å². The maximum atomic E-state index is 12.6. The molecule has 0 unspecified atom stereocenters. The first-order chi connectivity index (χ1) is 15.6. The van der Waals surface area contributed by atoms with Gasteiger partial charge >= 0.3 is 0 Å². The van der Waals surface area contributed by atoms with Crippen LogP contribution in [0.25, 0.3) is 28.3 Å². The van der Waals surface area contributed by atoms with E-state index < -0.39 is 5.91 Å². The molecule has 5 rings (SSSR count). The first-order valence-electron chi connectivity index (χ1n) is 9.80. The average Bonchev–Trinajstić information content (AvgIpc) is 3.25. The molecule has 0 saturated carbocycles. The molecule has 0 spiro atoms. The highest BCUT2D eigenvalue weighted by atomic mass is 16.2. The summed E-state index contributed by atoms with van der Waals surface area (Å²) in [5.41, 5.74) is 3.14. The van der Waals surface area contributed by atoms with Crippen LogP contribution in [-0.2, 0) is 7.05 Å². The summed E-state index contributed by atoms with van der Waals surface area (Å²) in [6, 6.07) is 17.8. The maximum Gasteiger partial charge on any atom is 0.263 e. The number of hydrogen-bond acceptors (Lipinski definition) is 6. The molecule has 1 aromatic carbocycles. The fraction of sp³-hybridized carbons (Fsp3) is 0.0435. The lowest BCUT2D eigenvalue weighted by Crippen LogP contribution is -2.27. The molecule has 9 nitrogen and oxygen atoms in total. The van der Waals surface area contributed by atoms with Crippen molar-refractivity contribution in [1.29, 1.82) is 0 Å². The first kappa shape index (κ1) is 19.3. The van der Waals surface area contributed by atoms with Crippen molar-refractivity contribution in [2.75, 3.05) is 5.32 Å². The minimum absolute atomic E-state index is 0.0746. The quantitative estimate of drug-likeness (QED) is 0.476. The van der Waals surface area contributed by atoms with Gasteiger partial charge in [0.1, 0.15) is 5.56 Å². The van der Waals surface area contributed by atoms with Gasteiger partial charge in [-0.15, -0.1) is 10.2 Å². The Morgan fingerprint density at radius 3 is 2.69 bits per heavy atom. The lowest BCUT2D eigenvalue weighted by molar-refractivity contribution is 0.102. The van der Waals surface area contributed by atoms with Crippen molar-refractivity contribution in [1.82, 2.24) is 29.4 Å². The number of nitrogens with one attached hydrogen (secondary N) is 1. The Morgan fingerprint density at radius 2 is 1.84 bits per heavy atom. The van der Waals surface area contributed by atoms with Gasteiger partial charge in [-0.1, -0.05) is 12.1 Å². The van der Waals surface area contributed by atoms with Crippen molar-refractivity contribution < 1.29 is 4.79 Å². The van der Waals surface area contributed by atoms with Crippen LogP contribution in [0.2, 0.25) is 0 Å². The zero-order chi connectivity index (χ0) is 22.1. The van der Waals surface area contributed by atoms with Crippen LogP contribution in [0.15, 0.2) is 84.0 Å². The molecule has 32 heavy (non-hydrogen) atoms. The highest BCUT2D eigenvalue weighted by Gasteiger charge is 2.13. The molecule has 9 heteroatoms. The fourth-order valence-electron chi connectivity index (χ4n) is 3.34. The Morgan fingerprint density at radius 1 is 0.969 bits per heavy atom. The molecule has 0 aliphatic carbocycles. The van der Waals surface area contributed by atoms with Crippen LogP contribution in [0.1, 0.15) is 10.4 Å². The minimum atomic E-state index is -0.468. The van der Waals surface area contributed by atoms with Gasteiger partial charge in [-0.25, -0.2) is 0 Å². The van der Waals surface area contributed by atoms with E-state index in [-0.39, 0.29) is 11.1 Å². The van der Waals surface area contributed by atoms with Crippen LogP contribution >= 0.6 is 0 Å². The van der Waals surface area contributed by atoms with E-state index in [1.807, 2.05) is 36.4 Å². The molecule has 1 N–H and O–H groups in total. The van der Waals surface area contributed by atoms with E-state index in [2.05, 4.69) is 25.6 Å². The minimum Gasteiger partial charge on any atom is -0.322 e. The number of hydrogen-bond donors (Lipinski definition) is 1. The van der Waals surface area contributed by atoms with Crippen molar-refractivity contribution in [2.45, 2.75) is 0 Å². The highest BCUT2D eigenvalue weighted by Crippen LogP contribution is 2.23. The number of amides is 1. The number of carbonyl (C=O) groups is 1. The molecule has 1 amide bonds. The third-order valence-corrected chi connectivity index (χ3v) is 4.97. The number of anilines is 1. The van der Waals surface area contributed by atoms with E-state index in [0.29, 0.717) is 22.9 Å². The van der Waals surface area contributed by atoms with Gasteiger partial charge in [0.05, 0.1) is 5.69 Å². The average molecular weight is 423 g/mol. The Labute approximate surface area is 182 Å². The SMILES string of the molecule is Cn1cccc(C(=O)Nc2cccc(-c3ccc4nnc(-c5cccnc5)n4n3)c2)c1=O. The number of nitrogens with zero attached hydrogens (tertiary/aromatic N) is 6. The molecule has 0 fully saturated rings. The van der Waals surface area contributed by atoms with E-state index in [0.717, 1.165) is 11.1 Å². The van der Waals surface area contributed by atoms with Crippen LogP contribution in [0, 0.1) is 0 Å². The van der Waals surface area contributed by atoms with Crippen molar-refractivity contribution in [3.05, 3.63) is 95.2 Å². The van der Waals surface area contributed by atoms with Gasteiger partial charge in [-0.2, -0.15) is 9.61 Å². The molecule has 5 aromatic rings. The number of fused-ring (bicyclic) bond motifs is 1. The van der Waals surface area contributed by atoms with E-state index in [1.165, 1.54) is 10.6 Å². The Hall–Kier alpha value is -4.66. The molecule has 4 heterocycles. The van der Waals surface area contributed by atoms with E-state index in [4.69, 9.17) is 0 Å². The maximum absolute atomic E-state index is 12.6. The van der Waals surface area contributed by atoms with Crippen LogP contribution in [-0.4, -0.2) is 35.3 Å². The molecular formula is C23H17N7O2. The highest BCUT2D eigenvalue weighted by molar-refractivity contribution is 6.04. The predicted molar refractivity (Wildman–Crippen MR) is 119 cm³/mol. The summed E-state index contributed by atoms with van der Waals surface area (Å²) >= 11 is 0. The van der Waals surface area contributed by atoms with E-state index >= 15 is 0 Å². The van der Waals surface area contributed by atoms with Gasteiger partial charge in [-0.05, 0) is 48.5 Å². The Balaban J connectivity index is 1.48. The molecule has 4 aromatic heterocycles. The number of pyridine rings is 2.